The lowest BCUT2D eigenvalue weighted by molar-refractivity contribution is -0.0137. The van der Waals surface area contributed by atoms with Crippen LogP contribution in [0.2, 0.25) is 0 Å². The topological polar surface area (TPSA) is 56.6 Å². The van der Waals surface area contributed by atoms with Gasteiger partial charge in [-0.05, 0) is 33.3 Å². The molecule has 1 aromatic rings. The van der Waals surface area contributed by atoms with E-state index in [0.29, 0.717) is 13.0 Å². The minimum absolute atomic E-state index is 0.0268. The van der Waals surface area contributed by atoms with Crippen molar-refractivity contribution in [1.29, 1.82) is 5.26 Å². The SMILES string of the molecule is CC1CN(Cc2ccccc2)C(CC#N)CN1C(=O)OC(C)(C)C. The molecule has 2 rings (SSSR count). The Morgan fingerprint density at radius 3 is 2.54 bits per heavy atom. The number of nitrogens with zero attached hydrogens (tertiary/aromatic N) is 3. The van der Waals surface area contributed by atoms with Crippen molar-refractivity contribution in [2.24, 2.45) is 0 Å². The lowest BCUT2D eigenvalue weighted by Crippen LogP contribution is -2.59. The highest BCUT2D eigenvalue weighted by Gasteiger charge is 2.36. The van der Waals surface area contributed by atoms with Gasteiger partial charge in [0, 0.05) is 31.7 Å². The molecule has 1 aliphatic heterocycles. The smallest absolute Gasteiger partial charge is 0.410 e. The van der Waals surface area contributed by atoms with Crippen LogP contribution < -0.4 is 0 Å². The van der Waals surface area contributed by atoms with Gasteiger partial charge in [0.2, 0.25) is 0 Å². The summed E-state index contributed by atoms with van der Waals surface area (Å²) in [5, 5.41) is 9.17. The number of ether oxygens (including phenoxy) is 1. The van der Waals surface area contributed by atoms with Gasteiger partial charge in [0.1, 0.15) is 5.60 Å². The summed E-state index contributed by atoms with van der Waals surface area (Å²) in [5.74, 6) is 0. The first-order chi connectivity index (χ1) is 11.3. The van der Waals surface area contributed by atoms with E-state index in [1.54, 1.807) is 4.90 Å². The number of nitriles is 1. The van der Waals surface area contributed by atoms with Crippen molar-refractivity contribution in [2.75, 3.05) is 13.1 Å². The van der Waals surface area contributed by atoms with Gasteiger partial charge in [-0.2, -0.15) is 5.26 Å². The van der Waals surface area contributed by atoms with Crippen LogP contribution in [0.3, 0.4) is 0 Å². The van der Waals surface area contributed by atoms with E-state index >= 15 is 0 Å². The second kappa shape index (κ2) is 7.67. The zero-order valence-corrected chi connectivity index (χ0v) is 15.0. The van der Waals surface area contributed by atoms with E-state index in [1.807, 2.05) is 45.9 Å². The van der Waals surface area contributed by atoms with Gasteiger partial charge in [0.15, 0.2) is 0 Å². The van der Waals surface area contributed by atoms with Crippen molar-refractivity contribution in [1.82, 2.24) is 9.80 Å². The van der Waals surface area contributed by atoms with Crippen LogP contribution in [0.15, 0.2) is 30.3 Å². The zero-order chi connectivity index (χ0) is 17.7. The van der Waals surface area contributed by atoms with Crippen LogP contribution in [0, 0.1) is 11.3 Å². The molecule has 0 spiro atoms. The standard InChI is InChI=1S/C19H27N3O2/c1-15-12-21(13-16-8-6-5-7-9-16)17(10-11-20)14-22(15)18(23)24-19(2,3)4/h5-9,15,17H,10,12-14H2,1-4H3. The Morgan fingerprint density at radius 1 is 1.29 bits per heavy atom. The number of piperazine rings is 1. The molecule has 0 saturated carbocycles. The number of hydrogen-bond donors (Lipinski definition) is 0. The van der Waals surface area contributed by atoms with Crippen LogP contribution in [-0.4, -0.2) is 46.7 Å². The molecule has 1 fully saturated rings. The van der Waals surface area contributed by atoms with E-state index in [9.17, 15) is 4.79 Å². The maximum Gasteiger partial charge on any atom is 0.410 e. The summed E-state index contributed by atoms with van der Waals surface area (Å²) in [4.78, 5) is 16.5. The van der Waals surface area contributed by atoms with Gasteiger partial charge in [0.25, 0.3) is 0 Å². The molecule has 1 amide bonds. The highest BCUT2D eigenvalue weighted by atomic mass is 16.6. The molecule has 0 aromatic heterocycles. The third-order valence-corrected chi connectivity index (χ3v) is 4.14. The summed E-state index contributed by atoms with van der Waals surface area (Å²) in [6.45, 7) is 9.69. The predicted octanol–water partition coefficient (Wildman–Crippen LogP) is 3.41. The average Bonchev–Trinajstić information content (AvgIpc) is 2.49. The Bertz CT molecular complexity index is 589. The highest BCUT2D eigenvalue weighted by molar-refractivity contribution is 5.68. The normalized spacial score (nSPS) is 22.0. The van der Waals surface area contributed by atoms with Gasteiger partial charge in [-0.1, -0.05) is 30.3 Å². The fourth-order valence-corrected chi connectivity index (χ4v) is 3.00. The van der Waals surface area contributed by atoms with Crippen LogP contribution in [0.5, 0.6) is 0 Å². The molecular weight excluding hydrogens is 302 g/mol. The first-order valence-corrected chi connectivity index (χ1v) is 8.44. The van der Waals surface area contributed by atoms with Gasteiger partial charge >= 0.3 is 6.09 Å². The first-order valence-electron chi connectivity index (χ1n) is 8.44. The summed E-state index contributed by atoms with van der Waals surface area (Å²) >= 11 is 0. The lowest BCUT2D eigenvalue weighted by atomic mass is 10.0. The molecule has 24 heavy (non-hydrogen) atoms. The number of amides is 1. The number of rotatable bonds is 3. The Morgan fingerprint density at radius 2 is 1.96 bits per heavy atom. The Labute approximate surface area is 144 Å². The van der Waals surface area contributed by atoms with Gasteiger partial charge in [0.05, 0.1) is 12.5 Å². The van der Waals surface area contributed by atoms with Gasteiger partial charge in [-0.25, -0.2) is 4.79 Å². The third-order valence-electron chi connectivity index (χ3n) is 4.14. The van der Waals surface area contributed by atoms with E-state index in [1.165, 1.54) is 5.56 Å². The second-order valence-corrected chi connectivity index (χ2v) is 7.41. The van der Waals surface area contributed by atoms with Crippen LogP contribution in [0.25, 0.3) is 0 Å². The van der Waals surface area contributed by atoms with E-state index in [2.05, 4.69) is 23.1 Å². The molecule has 5 heteroatoms. The number of benzene rings is 1. The maximum absolute atomic E-state index is 12.4. The van der Waals surface area contributed by atoms with Crippen LogP contribution >= 0.6 is 0 Å². The predicted molar refractivity (Wildman–Crippen MR) is 93.3 cm³/mol. The molecule has 2 unspecified atom stereocenters. The van der Waals surface area contributed by atoms with Gasteiger partial charge in [-0.3, -0.25) is 4.90 Å². The Hall–Kier alpha value is -2.06. The minimum Gasteiger partial charge on any atom is -0.444 e. The fourth-order valence-electron chi connectivity index (χ4n) is 3.00. The number of carbonyl (C=O) groups excluding carboxylic acids is 1. The number of carbonyl (C=O) groups is 1. The maximum atomic E-state index is 12.4. The highest BCUT2D eigenvalue weighted by Crippen LogP contribution is 2.22. The van der Waals surface area contributed by atoms with Crippen molar-refractivity contribution in [3.05, 3.63) is 35.9 Å². The fraction of sp³-hybridized carbons (Fsp3) is 0.579. The molecule has 1 heterocycles. The van der Waals surface area contributed by atoms with Gasteiger partial charge < -0.3 is 9.64 Å². The quantitative estimate of drug-likeness (QED) is 0.853. The monoisotopic (exact) mass is 329 g/mol. The summed E-state index contributed by atoms with van der Waals surface area (Å²) in [7, 11) is 0. The minimum atomic E-state index is -0.511. The van der Waals surface area contributed by atoms with E-state index in [4.69, 9.17) is 10.00 Å². The van der Waals surface area contributed by atoms with Crippen LogP contribution in [0.4, 0.5) is 4.79 Å². The number of hydrogen-bond acceptors (Lipinski definition) is 4. The Balaban J connectivity index is 2.09. The Kier molecular flexibility index (Phi) is 5.84. The molecular formula is C19H27N3O2. The molecule has 130 valence electrons. The lowest BCUT2D eigenvalue weighted by Gasteiger charge is -2.44. The van der Waals surface area contributed by atoms with Crippen molar-refractivity contribution >= 4 is 6.09 Å². The summed E-state index contributed by atoms with van der Waals surface area (Å²) in [6.07, 6.45) is 0.107. The summed E-state index contributed by atoms with van der Waals surface area (Å²) < 4.78 is 5.51. The van der Waals surface area contributed by atoms with Crippen molar-refractivity contribution in [2.45, 2.75) is 58.3 Å². The molecule has 1 aromatic carbocycles. The molecule has 0 bridgehead atoms. The molecule has 0 aliphatic carbocycles. The van der Waals surface area contributed by atoms with E-state index < -0.39 is 5.60 Å². The molecule has 1 saturated heterocycles. The molecule has 0 radical (unpaired) electrons. The average molecular weight is 329 g/mol. The van der Waals surface area contributed by atoms with Crippen molar-refractivity contribution in [3.63, 3.8) is 0 Å². The van der Waals surface area contributed by atoms with E-state index in [0.717, 1.165) is 13.1 Å². The molecule has 0 N–H and O–H groups in total. The van der Waals surface area contributed by atoms with Crippen LogP contribution in [0.1, 0.15) is 39.7 Å². The van der Waals surface area contributed by atoms with Crippen molar-refractivity contribution in [3.8, 4) is 6.07 Å². The largest absolute Gasteiger partial charge is 0.444 e. The molecule has 5 nitrogen and oxygen atoms in total. The van der Waals surface area contributed by atoms with Crippen molar-refractivity contribution < 1.29 is 9.53 Å². The van der Waals surface area contributed by atoms with E-state index in [-0.39, 0.29) is 18.2 Å². The summed E-state index contributed by atoms with van der Waals surface area (Å²) in [5.41, 5.74) is 0.709. The van der Waals surface area contributed by atoms with Crippen LogP contribution in [-0.2, 0) is 11.3 Å². The second-order valence-electron chi connectivity index (χ2n) is 7.41. The zero-order valence-electron chi connectivity index (χ0n) is 15.0. The first kappa shape index (κ1) is 18.3. The van der Waals surface area contributed by atoms with Gasteiger partial charge in [-0.15, -0.1) is 0 Å². The summed E-state index contributed by atoms with van der Waals surface area (Å²) in [6, 6.07) is 12.6. The molecule has 1 aliphatic rings. The molecule has 2 atom stereocenters. The third kappa shape index (κ3) is 4.97.